The molecule has 0 radical (unpaired) electrons. The number of nitrogens with one attached hydrogen (secondary N) is 2. The molecular weight excluding hydrogens is 342 g/mol. The first kappa shape index (κ1) is 23.8. The maximum Gasteiger partial charge on any atom is 0.326 e. The first-order valence-electron chi connectivity index (χ1n) is 9.03. The van der Waals surface area contributed by atoms with Crippen molar-refractivity contribution in [2.24, 2.45) is 5.73 Å². The molecule has 3 atom stereocenters. The smallest absolute Gasteiger partial charge is 0.326 e. The van der Waals surface area contributed by atoms with Gasteiger partial charge >= 0.3 is 11.9 Å². The van der Waals surface area contributed by atoms with Gasteiger partial charge in [0, 0.05) is 6.42 Å². The molecule has 0 aromatic rings. The van der Waals surface area contributed by atoms with Gasteiger partial charge in [0.25, 0.3) is 0 Å². The number of nitrogens with two attached hydrogens (primary N) is 1. The lowest BCUT2D eigenvalue weighted by Gasteiger charge is -2.22. The van der Waals surface area contributed by atoms with Crippen molar-refractivity contribution in [3.05, 3.63) is 0 Å². The van der Waals surface area contributed by atoms with Crippen LogP contribution in [0.25, 0.3) is 0 Å². The van der Waals surface area contributed by atoms with Crippen molar-refractivity contribution in [2.45, 2.75) is 83.3 Å². The summed E-state index contributed by atoms with van der Waals surface area (Å²) in [4.78, 5) is 46.4. The number of rotatable bonds is 14. The van der Waals surface area contributed by atoms with Gasteiger partial charge in [-0.25, -0.2) is 4.79 Å². The number of carbonyl (C=O) groups is 4. The number of hydrogen-bond donors (Lipinski definition) is 5. The molecule has 0 fully saturated rings. The second kappa shape index (κ2) is 13.1. The first-order chi connectivity index (χ1) is 12.2. The molecule has 26 heavy (non-hydrogen) atoms. The van der Waals surface area contributed by atoms with Crippen LogP contribution in [0, 0.1) is 0 Å². The van der Waals surface area contributed by atoms with E-state index in [1.54, 1.807) is 0 Å². The van der Waals surface area contributed by atoms with E-state index in [0.29, 0.717) is 19.3 Å². The highest BCUT2D eigenvalue weighted by molar-refractivity contribution is 5.91. The predicted octanol–water partition coefficient (Wildman–Crippen LogP) is 0.613. The first-order valence-corrected chi connectivity index (χ1v) is 9.03. The number of carboxylic acids is 2. The minimum absolute atomic E-state index is 0.235. The van der Waals surface area contributed by atoms with Crippen LogP contribution in [-0.4, -0.2) is 52.1 Å². The summed E-state index contributed by atoms with van der Waals surface area (Å²) in [6.45, 7) is 3.90. The standard InChI is InChI=1S/C17H31N3O6/c1-3-5-7-11(18)15(23)19-12(8-6-4-2)16(24)20-13(17(25)26)9-10-14(21)22/h11-13H,3-10,18H2,1-2H3,(H,19,23)(H,20,24)(H,21,22)(H,25,26)/t11-,12-,13-/m0/s1. The third-order valence-electron chi connectivity index (χ3n) is 3.95. The number of carboxylic acid groups (broad SMARTS) is 2. The fourth-order valence-electron chi connectivity index (χ4n) is 2.31. The van der Waals surface area contributed by atoms with Crippen LogP contribution in [0.5, 0.6) is 0 Å². The number of unbranched alkanes of at least 4 members (excludes halogenated alkanes) is 2. The largest absolute Gasteiger partial charge is 0.481 e. The Hall–Kier alpha value is -2.16. The van der Waals surface area contributed by atoms with Gasteiger partial charge in [0.2, 0.25) is 11.8 Å². The van der Waals surface area contributed by atoms with E-state index in [9.17, 15) is 19.2 Å². The minimum Gasteiger partial charge on any atom is -0.481 e. The molecule has 150 valence electrons. The SMILES string of the molecule is CCCC[C@H](NC(=O)[C@@H](N)CCCC)C(=O)N[C@@H](CCC(=O)O)C(=O)O. The van der Waals surface area contributed by atoms with E-state index in [-0.39, 0.29) is 12.8 Å². The number of hydrogen-bond acceptors (Lipinski definition) is 5. The van der Waals surface area contributed by atoms with Crippen molar-refractivity contribution in [3.63, 3.8) is 0 Å². The molecule has 0 aliphatic heterocycles. The monoisotopic (exact) mass is 373 g/mol. The molecule has 0 rings (SSSR count). The van der Waals surface area contributed by atoms with Crippen molar-refractivity contribution in [1.29, 1.82) is 0 Å². The van der Waals surface area contributed by atoms with Gasteiger partial charge in [0.15, 0.2) is 0 Å². The molecule has 0 heterocycles. The molecule has 0 aliphatic carbocycles. The van der Waals surface area contributed by atoms with Crippen LogP contribution in [0.4, 0.5) is 0 Å². The van der Waals surface area contributed by atoms with Gasteiger partial charge in [0.1, 0.15) is 12.1 Å². The van der Waals surface area contributed by atoms with Gasteiger partial charge in [-0.2, -0.15) is 0 Å². The predicted molar refractivity (Wildman–Crippen MR) is 95.4 cm³/mol. The fourth-order valence-corrected chi connectivity index (χ4v) is 2.31. The summed E-state index contributed by atoms with van der Waals surface area (Å²) in [5.74, 6) is -3.57. The molecular formula is C17H31N3O6. The molecule has 0 aromatic carbocycles. The lowest BCUT2D eigenvalue weighted by Crippen LogP contribution is -2.54. The van der Waals surface area contributed by atoms with Crippen molar-refractivity contribution in [1.82, 2.24) is 10.6 Å². The van der Waals surface area contributed by atoms with Crippen LogP contribution in [0.1, 0.15) is 65.2 Å². The summed E-state index contributed by atoms with van der Waals surface area (Å²) in [7, 11) is 0. The quantitative estimate of drug-likeness (QED) is 0.298. The average molecular weight is 373 g/mol. The van der Waals surface area contributed by atoms with Crippen LogP contribution >= 0.6 is 0 Å². The average Bonchev–Trinajstić information content (AvgIpc) is 2.58. The number of aliphatic carboxylic acids is 2. The van der Waals surface area contributed by atoms with Crippen molar-refractivity contribution in [2.75, 3.05) is 0 Å². The Labute approximate surface area is 153 Å². The van der Waals surface area contributed by atoms with E-state index in [2.05, 4.69) is 10.6 Å². The van der Waals surface area contributed by atoms with Crippen molar-refractivity contribution < 1.29 is 29.4 Å². The van der Waals surface area contributed by atoms with Crippen LogP contribution in [0.3, 0.4) is 0 Å². The number of amides is 2. The fraction of sp³-hybridized carbons (Fsp3) is 0.765. The Morgan fingerprint density at radius 1 is 0.846 bits per heavy atom. The normalized spacial score (nSPS) is 14.1. The molecule has 0 bridgehead atoms. The summed E-state index contributed by atoms with van der Waals surface area (Å²) in [5, 5.41) is 22.7. The molecule has 0 spiro atoms. The van der Waals surface area contributed by atoms with E-state index >= 15 is 0 Å². The third kappa shape index (κ3) is 9.97. The lowest BCUT2D eigenvalue weighted by atomic mass is 10.1. The topological polar surface area (TPSA) is 159 Å². The molecule has 0 aliphatic rings. The summed E-state index contributed by atoms with van der Waals surface area (Å²) in [6, 6.07) is -2.95. The van der Waals surface area contributed by atoms with Gasteiger partial charge in [-0.15, -0.1) is 0 Å². The van der Waals surface area contributed by atoms with E-state index in [1.165, 1.54) is 0 Å². The zero-order valence-electron chi connectivity index (χ0n) is 15.5. The van der Waals surface area contributed by atoms with Gasteiger partial charge in [-0.05, 0) is 19.3 Å². The van der Waals surface area contributed by atoms with E-state index in [0.717, 1.165) is 19.3 Å². The summed E-state index contributed by atoms with van der Waals surface area (Å²) in [5.41, 5.74) is 5.81. The van der Waals surface area contributed by atoms with Gasteiger partial charge in [-0.1, -0.05) is 39.5 Å². The van der Waals surface area contributed by atoms with E-state index < -0.39 is 41.9 Å². The van der Waals surface area contributed by atoms with Gasteiger partial charge < -0.3 is 26.6 Å². The summed E-state index contributed by atoms with van der Waals surface area (Å²) >= 11 is 0. The highest BCUT2D eigenvalue weighted by Crippen LogP contribution is 2.06. The van der Waals surface area contributed by atoms with Crippen LogP contribution in [0.15, 0.2) is 0 Å². The van der Waals surface area contributed by atoms with Crippen molar-refractivity contribution >= 4 is 23.8 Å². The Kier molecular flexibility index (Phi) is 12.0. The molecule has 0 unspecified atom stereocenters. The van der Waals surface area contributed by atoms with Crippen molar-refractivity contribution in [3.8, 4) is 0 Å². The van der Waals surface area contributed by atoms with E-state index in [4.69, 9.17) is 15.9 Å². The Balaban J connectivity index is 4.90. The molecule has 0 saturated heterocycles. The minimum atomic E-state index is -1.33. The second-order valence-corrected chi connectivity index (χ2v) is 6.28. The van der Waals surface area contributed by atoms with E-state index in [1.807, 2.05) is 13.8 Å². The third-order valence-corrected chi connectivity index (χ3v) is 3.95. The van der Waals surface area contributed by atoms with Gasteiger partial charge in [0.05, 0.1) is 6.04 Å². The summed E-state index contributed by atoms with van der Waals surface area (Å²) in [6.07, 6.45) is 3.37. The Bertz CT molecular complexity index is 483. The van der Waals surface area contributed by atoms with Crippen LogP contribution in [-0.2, 0) is 19.2 Å². The second-order valence-electron chi connectivity index (χ2n) is 6.28. The molecule has 0 saturated carbocycles. The Morgan fingerprint density at radius 3 is 1.88 bits per heavy atom. The van der Waals surface area contributed by atoms with Crippen LogP contribution < -0.4 is 16.4 Å². The zero-order chi connectivity index (χ0) is 20.1. The lowest BCUT2D eigenvalue weighted by molar-refractivity contribution is -0.143. The molecule has 0 aromatic heterocycles. The van der Waals surface area contributed by atoms with Gasteiger partial charge in [-0.3, -0.25) is 14.4 Å². The zero-order valence-corrected chi connectivity index (χ0v) is 15.5. The highest BCUT2D eigenvalue weighted by Gasteiger charge is 2.27. The molecule has 6 N–H and O–H groups in total. The maximum absolute atomic E-state index is 12.4. The Morgan fingerprint density at radius 2 is 1.38 bits per heavy atom. The summed E-state index contributed by atoms with van der Waals surface area (Å²) < 4.78 is 0. The molecule has 2 amide bonds. The molecule has 9 nitrogen and oxygen atoms in total. The number of carbonyl (C=O) groups excluding carboxylic acids is 2. The highest BCUT2D eigenvalue weighted by atomic mass is 16.4. The van der Waals surface area contributed by atoms with Crippen LogP contribution in [0.2, 0.25) is 0 Å². The molecule has 9 heteroatoms. The maximum atomic E-state index is 12.4.